The second-order valence-corrected chi connectivity index (χ2v) is 10.8. The number of ether oxygens (including phenoxy) is 2. The normalized spacial score (nSPS) is 17.1. The number of hydrogen-bond donors (Lipinski definition) is 1. The molecule has 1 saturated carbocycles. The average Bonchev–Trinajstić information content (AvgIpc) is 3.80. The van der Waals surface area contributed by atoms with E-state index in [2.05, 4.69) is 40.6 Å². The number of likely N-dealkylation sites (tertiary alicyclic amines) is 1. The van der Waals surface area contributed by atoms with E-state index in [9.17, 15) is 4.79 Å². The van der Waals surface area contributed by atoms with Crippen LogP contribution >= 0.6 is 0 Å². The summed E-state index contributed by atoms with van der Waals surface area (Å²) in [5.74, 6) is 3.71. The molecule has 41 heavy (non-hydrogen) atoms. The fourth-order valence-electron chi connectivity index (χ4n) is 5.77. The Labute approximate surface area is 238 Å². The summed E-state index contributed by atoms with van der Waals surface area (Å²) in [7, 11) is 3.25. The Morgan fingerprint density at radius 2 is 1.73 bits per heavy atom. The van der Waals surface area contributed by atoms with E-state index >= 15 is 0 Å². The monoisotopic (exact) mass is 548 g/mol. The Morgan fingerprint density at radius 1 is 0.927 bits per heavy atom. The molecule has 1 saturated heterocycles. The molecule has 5 aromatic rings. The van der Waals surface area contributed by atoms with Gasteiger partial charge >= 0.3 is 0 Å². The molecule has 0 unspecified atom stereocenters. The van der Waals surface area contributed by atoms with Crippen LogP contribution in [-0.4, -0.2) is 63.7 Å². The van der Waals surface area contributed by atoms with Crippen molar-refractivity contribution in [3.63, 3.8) is 0 Å². The number of hydrogen-bond acceptors (Lipinski definition) is 7. The van der Waals surface area contributed by atoms with E-state index in [1.807, 2.05) is 39.8 Å². The van der Waals surface area contributed by atoms with Crippen LogP contribution in [0.25, 0.3) is 39.0 Å². The van der Waals surface area contributed by atoms with E-state index in [1.165, 1.54) is 0 Å². The number of fused-ring (bicyclic) bond motifs is 2. The van der Waals surface area contributed by atoms with Gasteiger partial charge in [0.2, 0.25) is 11.9 Å². The number of carbonyl (C=O) groups is 1. The van der Waals surface area contributed by atoms with Gasteiger partial charge in [0.15, 0.2) is 11.5 Å². The first kappa shape index (κ1) is 25.3. The molecule has 3 aromatic carbocycles. The van der Waals surface area contributed by atoms with Crippen molar-refractivity contribution in [2.24, 2.45) is 5.92 Å². The third kappa shape index (κ3) is 4.81. The molecule has 208 valence electrons. The summed E-state index contributed by atoms with van der Waals surface area (Å²) in [5, 5.41) is 5.80. The van der Waals surface area contributed by atoms with Gasteiger partial charge in [-0.3, -0.25) is 9.36 Å². The van der Waals surface area contributed by atoms with Crippen LogP contribution in [0.1, 0.15) is 25.7 Å². The van der Waals surface area contributed by atoms with E-state index in [0.717, 1.165) is 65.4 Å². The van der Waals surface area contributed by atoms with Crippen LogP contribution in [0.3, 0.4) is 0 Å². The van der Waals surface area contributed by atoms with Crippen molar-refractivity contribution in [1.29, 1.82) is 0 Å². The van der Waals surface area contributed by atoms with Crippen LogP contribution in [0, 0.1) is 5.92 Å². The van der Waals surface area contributed by atoms with Gasteiger partial charge in [0.25, 0.3) is 0 Å². The maximum absolute atomic E-state index is 12.7. The van der Waals surface area contributed by atoms with Crippen LogP contribution in [-0.2, 0) is 4.79 Å². The number of piperidine rings is 1. The Morgan fingerprint density at radius 3 is 2.54 bits per heavy atom. The lowest BCUT2D eigenvalue weighted by molar-refractivity contribution is -0.133. The molecular formula is C32H32N6O3. The maximum Gasteiger partial charge on any atom is 0.225 e. The van der Waals surface area contributed by atoms with Crippen LogP contribution < -0.4 is 14.8 Å². The summed E-state index contributed by atoms with van der Waals surface area (Å²) in [6.45, 7) is 1.51. The van der Waals surface area contributed by atoms with Gasteiger partial charge in [0.1, 0.15) is 11.6 Å². The summed E-state index contributed by atoms with van der Waals surface area (Å²) in [4.78, 5) is 29.2. The highest BCUT2D eigenvalue weighted by molar-refractivity contribution is 5.90. The molecule has 3 heterocycles. The summed E-state index contributed by atoms with van der Waals surface area (Å²) < 4.78 is 13.3. The minimum Gasteiger partial charge on any atom is -0.493 e. The molecule has 1 amide bonds. The van der Waals surface area contributed by atoms with Gasteiger partial charge in [-0.2, -0.15) is 4.98 Å². The number of nitrogens with one attached hydrogen (secondary N) is 1. The zero-order chi connectivity index (χ0) is 27.9. The summed E-state index contributed by atoms with van der Waals surface area (Å²) in [6.07, 6.45) is 5.74. The largest absolute Gasteiger partial charge is 0.493 e. The fraction of sp³-hybridized carbons (Fsp3) is 0.312. The zero-order valence-corrected chi connectivity index (χ0v) is 23.2. The van der Waals surface area contributed by atoms with E-state index in [0.29, 0.717) is 35.7 Å². The molecule has 1 aliphatic heterocycles. The Kier molecular flexibility index (Phi) is 6.41. The second kappa shape index (κ2) is 10.4. The Hall–Kier alpha value is -4.66. The molecule has 0 spiro atoms. The smallest absolute Gasteiger partial charge is 0.225 e. The molecule has 9 nitrogen and oxygen atoms in total. The first-order valence-electron chi connectivity index (χ1n) is 14.1. The lowest BCUT2D eigenvalue weighted by Gasteiger charge is -2.33. The van der Waals surface area contributed by atoms with Gasteiger partial charge in [-0.15, -0.1) is 0 Å². The molecular weight excluding hydrogens is 516 g/mol. The number of imidazole rings is 1. The number of carbonyl (C=O) groups excluding carboxylic acids is 1. The van der Waals surface area contributed by atoms with Gasteiger partial charge in [0, 0.05) is 48.9 Å². The molecule has 2 aromatic heterocycles. The summed E-state index contributed by atoms with van der Waals surface area (Å²) in [5.41, 5.74) is 2.57. The van der Waals surface area contributed by atoms with E-state index in [4.69, 9.17) is 19.4 Å². The molecule has 2 aliphatic rings. The van der Waals surface area contributed by atoms with Crippen molar-refractivity contribution in [3.05, 3.63) is 66.9 Å². The van der Waals surface area contributed by atoms with E-state index in [-0.39, 0.29) is 12.0 Å². The predicted octanol–water partition coefficient (Wildman–Crippen LogP) is 5.47. The number of amides is 1. The van der Waals surface area contributed by atoms with Gasteiger partial charge in [-0.05, 0) is 48.6 Å². The van der Waals surface area contributed by atoms with Crippen molar-refractivity contribution in [2.45, 2.75) is 31.7 Å². The molecule has 0 radical (unpaired) electrons. The predicted molar refractivity (Wildman–Crippen MR) is 159 cm³/mol. The highest BCUT2D eigenvalue weighted by Crippen LogP contribution is 2.37. The maximum atomic E-state index is 12.7. The van der Waals surface area contributed by atoms with Crippen LogP contribution in [0.15, 0.2) is 66.9 Å². The first-order chi connectivity index (χ1) is 20.1. The van der Waals surface area contributed by atoms with Gasteiger partial charge in [-0.25, -0.2) is 9.97 Å². The minimum atomic E-state index is 0.102. The molecule has 1 atom stereocenters. The van der Waals surface area contributed by atoms with Crippen molar-refractivity contribution in [2.75, 3.05) is 32.6 Å². The molecule has 7 rings (SSSR count). The lowest BCUT2D eigenvalue weighted by atomic mass is 10.1. The van der Waals surface area contributed by atoms with Crippen LogP contribution in [0.4, 0.5) is 5.95 Å². The topological polar surface area (TPSA) is 94.4 Å². The molecule has 1 N–H and O–H groups in total. The van der Waals surface area contributed by atoms with Gasteiger partial charge in [0.05, 0.1) is 25.3 Å². The van der Waals surface area contributed by atoms with Crippen molar-refractivity contribution in [3.8, 4) is 28.7 Å². The van der Waals surface area contributed by atoms with E-state index in [1.54, 1.807) is 20.4 Å². The van der Waals surface area contributed by atoms with Crippen molar-refractivity contribution >= 4 is 33.7 Å². The van der Waals surface area contributed by atoms with Crippen molar-refractivity contribution < 1.29 is 14.3 Å². The fourth-order valence-corrected chi connectivity index (χ4v) is 5.77. The van der Waals surface area contributed by atoms with E-state index < -0.39 is 0 Å². The number of rotatable bonds is 7. The van der Waals surface area contributed by atoms with Crippen LogP contribution in [0.5, 0.6) is 11.5 Å². The number of methoxy groups -OCH3 is 2. The molecule has 0 bridgehead atoms. The minimum absolute atomic E-state index is 0.102. The summed E-state index contributed by atoms with van der Waals surface area (Å²) in [6, 6.07) is 20.4. The highest BCUT2D eigenvalue weighted by Gasteiger charge is 2.35. The molecule has 1 aliphatic carbocycles. The number of nitrogens with zero attached hydrogens (tertiary/aromatic N) is 5. The lowest BCUT2D eigenvalue weighted by Crippen LogP contribution is -2.45. The third-order valence-electron chi connectivity index (χ3n) is 8.03. The SMILES string of the molecule is COc1cc2nc(-c3ccc4ccccc4c3)n(-c3ccnc(N[C@@H]4CCCN(C(=O)C5CC5)C4)n3)c2cc1OC. The number of benzene rings is 3. The molecule has 2 fully saturated rings. The summed E-state index contributed by atoms with van der Waals surface area (Å²) >= 11 is 0. The quantitative estimate of drug-likeness (QED) is 0.288. The highest BCUT2D eigenvalue weighted by atomic mass is 16.5. The van der Waals surface area contributed by atoms with Crippen molar-refractivity contribution in [1.82, 2.24) is 24.4 Å². The number of aromatic nitrogens is 4. The standard InChI is InChI=1S/C32H32N6O3/c1-40-27-17-25-26(18-28(27)41-2)38(30(35-25)23-12-9-20-6-3-4-7-22(20)16-23)29-13-14-33-32(36-29)34-24-8-5-15-37(19-24)31(39)21-10-11-21/h3-4,6-7,9,12-14,16-18,21,24H,5,8,10-11,15,19H2,1-2H3,(H,33,34,36)/t24-/m1/s1. The Balaban J connectivity index is 1.29. The molecule has 9 heteroatoms. The van der Waals surface area contributed by atoms with Gasteiger partial charge < -0.3 is 19.7 Å². The van der Waals surface area contributed by atoms with Gasteiger partial charge in [-0.1, -0.05) is 36.4 Å². The van der Waals surface area contributed by atoms with Crippen LogP contribution in [0.2, 0.25) is 0 Å². The number of anilines is 1. The zero-order valence-electron chi connectivity index (χ0n) is 23.2. The third-order valence-corrected chi connectivity index (χ3v) is 8.03. The first-order valence-corrected chi connectivity index (χ1v) is 14.1. The average molecular weight is 549 g/mol. The second-order valence-electron chi connectivity index (χ2n) is 10.8. The Bertz CT molecular complexity index is 1760.